The van der Waals surface area contributed by atoms with Crippen LogP contribution in [0.1, 0.15) is 43.2 Å². The molecule has 4 aliphatic rings. The van der Waals surface area contributed by atoms with Gasteiger partial charge in [0.2, 0.25) is 0 Å². The number of ether oxygens (including phenoxy) is 1. The summed E-state index contributed by atoms with van der Waals surface area (Å²) in [6.07, 6.45) is 7.04. The summed E-state index contributed by atoms with van der Waals surface area (Å²) in [5, 5.41) is 6.08. The van der Waals surface area contributed by atoms with E-state index in [1.54, 1.807) is 0 Å². The van der Waals surface area contributed by atoms with Crippen molar-refractivity contribution in [3.8, 4) is 0 Å². The lowest BCUT2D eigenvalue weighted by Crippen LogP contribution is -2.48. The molecule has 0 saturated carbocycles. The third-order valence-corrected chi connectivity index (χ3v) is 6.25. The molecule has 122 valence electrons. The second-order valence-corrected chi connectivity index (χ2v) is 7.50. The molecule has 4 nitrogen and oxygen atoms in total. The van der Waals surface area contributed by atoms with E-state index < -0.39 is 0 Å². The minimum Gasteiger partial charge on any atom is -0.381 e. The van der Waals surface area contributed by atoms with Crippen molar-refractivity contribution < 1.29 is 4.74 Å². The molecule has 0 radical (unpaired) electrons. The van der Waals surface area contributed by atoms with Gasteiger partial charge in [0, 0.05) is 25.1 Å². The maximum atomic E-state index is 5.52. The van der Waals surface area contributed by atoms with E-state index in [4.69, 9.17) is 9.84 Å². The maximum Gasteiger partial charge on any atom is 0.0689 e. The molecule has 23 heavy (non-hydrogen) atoms. The van der Waals surface area contributed by atoms with Gasteiger partial charge in [0.15, 0.2) is 0 Å². The Labute approximate surface area is 137 Å². The molecule has 0 N–H and O–H groups in total. The molecule has 5 heterocycles. The van der Waals surface area contributed by atoms with Crippen LogP contribution in [0.5, 0.6) is 0 Å². The van der Waals surface area contributed by atoms with Crippen LogP contribution in [-0.2, 0) is 4.74 Å². The molecule has 0 unspecified atom stereocenters. The summed E-state index contributed by atoms with van der Waals surface area (Å²) in [5.74, 6) is 1.47. The maximum absolute atomic E-state index is 5.52. The van der Waals surface area contributed by atoms with Gasteiger partial charge in [-0.15, -0.1) is 0 Å². The topological polar surface area (TPSA) is 30.3 Å². The highest BCUT2D eigenvalue weighted by Crippen LogP contribution is 2.37. The second-order valence-electron chi connectivity index (χ2n) is 7.50. The second kappa shape index (κ2) is 5.60. The molecule has 0 amide bonds. The summed E-state index contributed by atoms with van der Waals surface area (Å²) < 4.78 is 7.86. The molecule has 4 saturated heterocycles. The summed E-state index contributed by atoms with van der Waals surface area (Å²) in [7, 11) is 0. The van der Waals surface area contributed by atoms with E-state index in [1.807, 2.05) is 0 Å². The number of nitrogens with zero attached hydrogens (tertiary/aromatic N) is 3. The van der Waals surface area contributed by atoms with Gasteiger partial charge in [-0.05, 0) is 62.2 Å². The summed E-state index contributed by atoms with van der Waals surface area (Å²) >= 11 is 0. The normalized spacial score (nSPS) is 31.7. The summed E-state index contributed by atoms with van der Waals surface area (Å²) in [5.41, 5.74) is 2.82. The van der Waals surface area contributed by atoms with Gasteiger partial charge in [-0.1, -0.05) is 12.1 Å². The van der Waals surface area contributed by atoms with Crippen LogP contribution in [0.3, 0.4) is 0 Å². The van der Waals surface area contributed by atoms with Gasteiger partial charge in [0.25, 0.3) is 0 Å². The van der Waals surface area contributed by atoms with Crippen LogP contribution in [0.25, 0.3) is 10.9 Å². The molecule has 1 aromatic carbocycles. The lowest BCUT2D eigenvalue weighted by atomic mass is 9.84. The highest BCUT2D eigenvalue weighted by atomic mass is 16.5. The Kier molecular flexibility index (Phi) is 3.41. The summed E-state index contributed by atoms with van der Waals surface area (Å²) in [6.45, 7) is 5.56. The Hall–Kier alpha value is -1.39. The Balaban J connectivity index is 1.51. The van der Waals surface area contributed by atoms with Crippen molar-refractivity contribution in [3.63, 3.8) is 0 Å². The fourth-order valence-corrected chi connectivity index (χ4v) is 4.81. The van der Waals surface area contributed by atoms with Crippen LogP contribution in [0.15, 0.2) is 24.4 Å². The summed E-state index contributed by atoms with van der Waals surface area (Å²) in [4.78, 5) is 2.61. The zero-order valence-corrected chi connectivity index (χ0v) is 13.7. The summed E-state index contributed by atoms with van der Waals surface area (Å²) in [6, 6.07) is 7.56. The van der Waals surface area contributed by atoms with Gasteiger partial charge in [-0.3, -0.25) is 4.68 Å². The first-order valence-corrected chi connectivity index (χ1v) is 9.16. The van der Waals surface area contributed by atoms with Gasteiger partial charge in [0.05, 0.1) is 17.8 Å². The quantitative estimate of drug-likeness (QED) is 0.853. The number of fused-ring (bicyclic) bond motifs is 4. The van der Waals surface area contributed by atoms with Gasteiger partial charge in [-0.25, -0.2) is 0 Å². The lowest BCUT2D eigenvalue weighted by molar-refractivity contribution is 0.0533. The van der Waals surface area contributed by atoms with Crippen molar-refractivity contribution in [1.82, 2.24) is 14.7 Å². The zero-order chi connectivity index (χ0) is 15.2. The molecule has 0 spiro atoms. The molecule has 2 aromatic rings. The highest BCUT2D eigenvalue weighted by Gasteiger charge is 2.36. The minimum absolute atomic E-state index is 0.569. The van der Waals surface area contributed by atoms with Crippen LogP contribution in [0.2, 0.25) is 0 Å². The Bertz CT molecular complexity index is 696. The third kappa shape index (κ3) is 2.39. The van der Waals surface area contributed by atoms with Crippen molar-refractivity contribution in [2.75, 3.05) is 32.8 Å². The molecule has 4 aliphatic heterocycles. The van der Waals surface area contributed by atoms with Crippen LogP contribution in [-0.4, -0.2) is 47.5 Å². The van der Waals surface area contributed by atoms with Gasteiger partial charge < -0.3 is 9.64 Å². The van der Waals surface area contributed by atoms with E-state index in [2.05, 4.69) is 34.0 Å². The van der Waals surface area contributed by atoms with E-state index >= 15 is 0 Å². The Morgan fingerprint density at radius 1 is 1.04 bits per heavy atom. The molecule has 6 rings (SSSR count). The fourth-order valence-electron chi connectivity index (χ4n) is 4.81. The lowest BCUT2D eigenvalue weighted by Gasteiger charge is -2.44. The average molecular weight is 311 g/mol. The largest absolute Gasteiger partial charge is 0.381 e. The number of hydrogen-bond donors (Lipinski definition) is 0. The number of rotatable bonds is 2. The number of hydrogen-bond acceptors (Lipinski definition) is 3. The van der Waals surface area contributed by atoms with Crippen LogP contribution >= 0.6 is 0 Å². The number of benzene rings is 1. The van der Waals surface area contributed by atoms with Crippen molar-refractivity contribution >= 4 is 10.9 Å². The SMILES string of the molecule is c1cc2cnn([C@@H]3CN4CCC3CC4)c2cc1C1CCOCC1. The minimum atomic E-state index is 0.569. The van der Waals surface area contributed by atoms with E-state index in [1.165, 1.54) is 48.9 Å². The first-order valence-electron chi connectivity index (χ1n) is 9.16. The van der Waals surface area contributed by atoms with Crippen LogP contribution < -0.4 is 0 Å². The zero-order valence-electron chi connectivity index (χ0n) is 13.7. The highest BCUT2D eigenvalue weighted by molar-refractivity contribution is 5.79. The Morgan fingerprint density at radius 3 is 2.61 bits per heavy atom. The first-order chi connectivity index (χ1) is 11.4. The van der Waals surface area contributed by atoms with E-state index in [0.717, 1.165) is 32.0 Å². The first kappa shape index (κ1) is 14.0. The Morgan fingerprint density at radius 2 is 1.87 bits per heavy atom. The van der Waals surface area contributed by atoms with Crippen LogP contribution in [0.4, 0.5) is 0 Å². The number of aromatic nitrogens is 2. The van der Waals surface area contributed by atoms with Gasteiger partial charge >= 0.3 is 0 Å². The van der Waals surface area contributed by atoms with Gasteiger partial charge in [0.1, 0.15) is 0 Å². The van der Waals surface area contributed by atoms with Crippen molar-refractivity contribution in [2.24, 2.45) is 5.92 Å². The van der Waals surface area contributed by atoms with Crippen molar-refractivity contribution in [3.05, 3.63) is 30.0 Å². The monoisotopic (exact) mass is 311 g/mol. The van der Waals surface area contributed by atoms with E-state index in [-0.39, 0.29) is 0 Å². The molecular weight excluding hydrogens is 286 g/mol. The third-order valence-electron chi connectivity index (χ3n) is 6.25. The van der Waals surface area contributed by atoms with E-state index in [9.17, 15) is 0 Å². The molecular formula is C19H25N3O. The standard InChI is InChI=1S/C19H25N3O/c1-2-17-12-20-22(19-13-21-7-3-15(19)4-8-21)18(17)11-16(1)14-5-9-23-10-6-14/h1-2,11-12,14-15,19H,3-10,13H2/t19-/m1/s1. The smallest absolute Gasteiger partial charge is 0.0689 e. The molecule has 0 aliphatic carbocycles. The number of piperidine rings is 3. The molecule has 1 aromatic heterocycles. The molecule has 1 atom stereocenters. The van der Waals surface area contributed by atoms with Crippen molar-refractivity contribution in [2.45, 2.75) is 37.6 Å². The molecule has 2 bridgehead atoms. The predicted molar refractivity (Wildman–Crippen MR) is 90.7 cm³/mol. The molecule has 4 fully saturated rings. The average Bonchev–Trinajstić information content (AvgIpc) is 3.06. The van der Waals surface area contributed by atoms with Gasteiger partial charge in [-0.2, -0.15) is 5.10 Å². The predicted octanol–water partition coefficient (Wildman–Crippen LogP) is 3.20. The molecule has 4 heteroatoms. The van der Waals surface area contributed by atoms with E-state index in [0.29, 0.717) is 12.0 Å². The van der Waals surface area contributed by atoms with Crippen LogP contribution in [0, 0.1) is 5.92 Å². The fraction of sp³-hybridized carbons (Fsp3) is 0.632. The van der Waals surface area contributed by atoms with Crippen molar-refractivity contribution in [1.29, 1.82) is 0 Å².